The Kier molecular flexibility index (Phi) is 5.76. The molecule has 2 heterocycles. The third-order valence-electron chi connectivity index (χ3n) is 5.62. The molecule has 1 amide bonds. The average Bonchev–Trinajstić information content (AvgIpc) is 3.26. The number of benzene rings is 2. The van der Waals surface area contributed by atoms with Gasteiger partial charge in [0.2, 0.25) is 11.9 Å². The van der Waals surface area contributed by atoms with E-state index in [1.54, 1.807) is 4.68 Å². The van der Waals surface area contributed by atoms with Gasteiger partial charge in [-0.2, -0.15) is 4.68 Å². The summed E-state index contributed by atoms with van der Waals surface area (Å²) in [6.45, 7) is 9.08. The molecule has 0 saturated carbocycles. The van der Waals surface area contributed by atoms with Crippen molar-refractivity contribution in [3.63, 3.8) is 0 Å². The van der Waals surface area contributed by atoms with Crippen LogP contribution in [0.5, 0.6) is 0 Å². The second-order valence-electron chi connectivity index (χ2n) is 7.73. The molecule has 156 valence electrons. The van der Waals surface area contributed by atoms with Crippen molar-refractivity contribution in [2.45, 2.75) is 26.8 Å². The van der Waals surface area contributed by atoms with Gasteiger partial charge in [-0.3, -0.25) is 9.69 Å². The van der Waals surface area contributed by atoms with Crippen molar-refractivity contribution in [2.24, 2.45) is 0 Å². The molecule has 0 spiro atoms. The summed E-state index contributed by atoms with van der Waals surface area (Å²) < 4.78 is 1.76. The molecule has 0 radical (unpaired) electrons. The van der Waals surface area contributed by atoms with E-state index in [0.717, 1.165) is 49.1 Å². The molecule has 1 atom stereocenters. The monoisotopic (exact) mass is 405 g/mol. The van der Waals surface area contributed by atoms with Crippen molar-refractivity contribution in [3.05, 3.63) is 59.7 Å². The van der Waals surface area contributed by atoms with Gasteiger partial charge in [0.1, 0.15) is 0 Å². The fraction of sp³-hybridized carbons (Fsp3) is 0.364. The minimum Gasteiger partial charge on any atom is -0.337 e. The van der Waals surface area contributed by atoms with E-state index in [4.69, 9.17) is 0 Å². The zero-order valence-electron chi connectivity index (χ0n) is 17.6. The summed E-state index contributed by atoms with van der Waals surface area (Å²) in [6, 6.07) is 15.7. The molecule has 1 aliphatic rings. The SMILES string of the molecule is Cc1ccc(NC(=O)C(C)N2CCN(c3nnnn3-c3ccccc3)CC2)c(C)c1. The molecule has 1 aromatic heterocycles. The quantitative estimate of drug-likeness (QED) is 0.702. The Bertz CT molecular complexity index is 1010. The van der Waals surface area contributed by atoms with E-state index in [-0.39, 0.29) is 11.9 Å². The van der Waals surface area contributed by atoms with Gasteiger partial charge in [0, 0.05) is 31.9 Å². The van der Waals surface area contributed by atoms with E-state index in [0.29, 0.717) is 0 Å². The molecule has 1 saturated heterocycles. The van der Waals surface area contributed by atoms with Gasteiger partial charge in [-0.15, -0.1) is 0 Å². The van der Waals surface area contributed by atoms with Crippen molar-refractivity contribution < 1.29 is 4.79 Å². The number of hydrogen-bond donors (Lipinski definition) is 1. The van der Waals surface area contributed by atoms with E-state index in [2.05, 4.69) is 43.6 Å². The molecule has 1 aliphatic heterocycles. The fourth-order valence-electron chi connectivity index (χ4n) is 3.78. The Labute approximate surface area is 176 Å². The number of nitrogens with zero attached hydrogens (tertiary/aromatic N) is 6. The largest absolute Gasteiger partial charge is 0.337 e. The molecule has 4 rings (SSSR count). The van der Waals surface area contributed by atoms with Crippen LogP contribution in [0.4, 0.5) is 11.6 Å². The van der Waals surface area contributed by atoms with E-state index in [1.165, 1.54) is 5.56 Å². The van der Waals surface area contributed by atoms with Crippen LogP contribution in [-0.2, 0) is 4.79 Å². The first kappa shape index (κ1) is 20.0. The first-order valence-corrected chi connectivity index (χ1v) is 10.2. The lowest BCUT2D eigenvalue weighted by atomic mass is 10.1. The highest BCUT2D eigenvalue weighted by atomic mass is 16.2. The van der Waals surface area contributed by atoms with Gasteiger partial charge in [-0.05, 0) is 55.0 Å². The van der Waals surface area contributed by atoms with Gasteiger partial charge >= 0.3 is 0 Å². The van der Waals surface area contributed by atoms with E-state index >= 15 is 0 Å². The van der Waals surface area contributed by atoms with Crippen LogP contribution in [0.2, 0.25) is 0 Å². The first-order valence-electron chi connectivity index (χ1n) is 10.2. The summed E-state index contributed by atoms with van der Waals surface area (Å²) in [5.41, 5.74) is 4.07. The standard InChI is InChI=1S/C22H27N7O/c1-16-9-10-20(17(2)15-16)23-21(30)18(3)27-11-13-28(14-12-27)22-24-25-26-29(22)19-7-5-4-6-8-19/h4-10,15,18H,11-14H2,1-3H3,(H,23,30). The Morgan fingerprint density at radius 2 is 1.77 bits per heavy atom. The van der Waals surface area contributed by atoms with Crippen LogP contribution in [0.1, 0.15) is 18.1 Å². The highest BCUT2D eigenvalue weighted by Gasteiger charge is 2.28. The van der Waals surface area contributed by atoms with Crippen LogP contribution >= 0.6 is 0 Å². The summed E-state index contributed by atoms with van der Waals surface area (Å²) in [7, 11) is 0. The van der Waals surface area contributed by atoms with Crippen LogP contribution in [0.3, 0.4) is 0 Å². The van der Waals surface area contributed by atoms with Gasteiger partial charge in [-0.25, -0.2) is 0 Å². The summed E-state index contributed by atoms with van der Waals surface area (Å²) in [5.74, 6) is 0.748. The predicted octanol–water partition coefficient (Wildman–Crippen LogP) is 2.43. The van der Waals surface area contributed by atoms with E-state index in [1.807, 2.05) is 56.3 Å². The minimum atomic E-state index is -0.210. The molecule has 8 nitrogen and oxygen atoms in total. The smallest absolute Gasteiger partial charge is 0.250 e. The number of tetrazole rings is 1. The molecule has 0 bridgehead atoms. The summed E-state index contributed by atoms with van der Waals surface area (Å²) in [4.78, 5) is 17.2. The number of amides is 1. The molecule has 2 aromatic carbocycles. The Morgan fingerprint density at radius 1 is 1.03 bits per heavy atom. The normalized spacial score (nSPS) is 15.8. The van der Waals surface area contributed by atoms with Crippen molar-refractivity contribution in [3.8, 4) is 5.69 Å². The van der Waals surface area contributed by atoms with Gasteiger partial charge in [0.05, 0.1) is 11.7 Å². The lowest BCUT2D eigenvalue weighted by Crippen LogP contribution is -2.53. The minimum absolute atomic E-state index is 0.0181. The number of para-hydroxylation sites is 1. The van der Waals surface area contributed by atoms with Crippen molar-refractivity contribution in [2.75, 3.05) is 36.4 Å². The number of anilines is 2. The lowest BCUT2D eigenvalue weighted by Gasteiger charge is -2.37. The predicted molar refractivity (Wildman–Crippen MR) is 117 cm³/mol. The van der Waals surface area contributed by atoms with Crippen molar-refractivity contribution >= 4 is 17.5 Å². The Hall–Kier alpha value is -3.26. The Balaban J connectivity index is 1.38. The zero-order valence-corrected chi connectivity index (χ0v) is 17.6. The molecular formula is C22H27N7O. The van der Waals surface area contributed by atoms with Gasteiger partial charge in [0.15, 0.2) is 0 Å². The maximum atomic E-state index is 12.8. The molecular weight excluding hydrogens is 378 g/mol. The molecule has 1 unspecified atom stereocenters. The number of nitrogens with one attached hydrogen (secondary N) is 1. The summed E-state index contributed by atoms with van der Waals surface area (Å²) in [5, 5.41) is 15.3. The van der Waals surface area contributed by atoms with Gasteiger partial charge in [0.25, 0.3) is 0 Å². The van der Waals surface area contributed by atoms with Gasteiger partial charge < -0.3 is 10.2 Å². The summed E-state index contributed by atoms with van der Waals surface area (Å²) in [6.07, 6.45) is 0. The Morgan fingerprint density at radius 3 is 2.47 bits per heavy atom. The highest BCUT2D eigenvalue weighted by molar-refractivity contribution is 5.95. The van der Waals surface area contributed by atoms with Gasteiger partial charge in [-0.1, -0.05) is 41.0 Å². The number of carbonyl (C=O) groups is 1. The molecule has 30 heavy (non-hydrogen) atoms. The highest BCUT2D eigenvalue weighted by Crippen LogP contribution is 2.19. The molecule has 8 heteroatoms. The molecule has 0 aliphatic carbocycles. The number of carbonyl (C=O) groups excluding carboxylic acids is 1. The number of aromatic nitrogens is 4. The summed E-state index contributed by atoms with van der Waals surface area (Å²) >= 11 is 0. The first-order chi connectivity index (χ1) is 14.5. The number of rotatable bonds is 5. The third-order valence-corrected chi connectivity index (χ3v) is 5.62. The van der Waals surface area contributed by atoms with Crippen molar-refractivity contribution in [1.29, 1.82) is 0 Å². The average molecular weight is 406 g/mol. The molecule has 1 N–H and O–H groups in total. The second-order valence-corrected chi connectivity index (χ2v) is 7.73. The molecule has 1 fully saturated rings. The third kappa shape index (κ3) is 4.18. The van der Waals surface area contributed by atoms with Crippen LogP contribution in [0.25, 0.3) is 5.69 Å². The maximum absolute atomic E-state index is 12.8. The topological polar surface area (TPSA) is 79.2 Å². The van der Waals surface area contributed by atoms with Crippen LogP contribution in [-0.4, -0.2) is 63.2 Å². The lowest BCUT2D eigenvalue weighted by molar-refractivity contribution is -0.120. The van der Waals surface area contributed by atoms with Crippen LogP contribution < -0.4 is 10.2 Å². The molecule has 3 aromatic rings. The van der Waals surface area contributed by atoms with E-state index in [9.17, 15) is 4.79 Å². The number of hydrogen-bond acceptors (Lipinski definition) is 6. The van der Waals surface area contributed by atoms with E-state index < -0.39 is 0 Å². The number of aryl methyl sites for hydroxylation is 2. The van der Waals surface area contributed by atoms with Crippen molar-refractivity contribution in [1.82, 2.24) is 25.1 Å². The second kappa shape index (κ2) is 8.62. The maximum Gasteiger partial charge on any atom is 0.250 e. The van der Waals surface area contributed by atoms with Crippen LogP contribution in [0, 0.1) is 13.8 Å². The number of piperazine rings is 1. The zero-order chi connectivity index (χ0) is 21.1. The fourth-order valence-corrected chi connectivity index (χ4v) is 3.78. The van der Waals surface area contributed by atoms with Crippen LogP contribution in [0.15, 0.2) is 48.5 Å².